The van der Waals surface area contributed by atoms with E-state index in [1.165, 1.54) is 34.8 Å². The van der Waals surface area contributed by atoms with Crippen LogP contribution in [0.2, 0.25) is 0 Å². The summed E-state index contributed by atoms with van der Waals surface area (Å²) < 4.78 is 9.91. The summed E-state index contributed by atoms with van der Waals surface area (Å²) in [6.45, 7) is 16.6. The molecule has 0 fully saturated rings. The zero-order chi connectivity index (χ0) is 28.8. The average Bonchev–Trinajstić information content (AvgIpc) is 2.82. The molecule has 0 spiro atoms. The topological polar surface area (TPSA) is 52.6 Å². The van der Waals surface area contributed by atoms with Crippen LogP contribution in [0.15, 0.2) is 93.9 Å². The van der Waals surface area contributed by atoms with Gasteiger partial charge in [-0.1, -0.05) is 58.1 Å². The molecule has 0 aliphatic carbocycles. The van der Waals surface area contributed by atoms with Crippen molar-refractivity contribution < 1.29 is 19.1 Å². The molecule has 0 saturated heterocycles. The van der Waals surface area contributed by atoms with Gasteiger partial charge in [-0.15, -0.1) is 0 Å². The molecule has 0 aliphatic heterocycles. The van der Waals surface area contributed by atoms with Gasteiger partial charge in [0.25, 0.3) is 0 Å². The lowest BCUT2D eigenvalue weighted by Gasteiger charge is -2.00. The Morgan fingerprint density at radius 3 is 1.21 bits per heavy atom. The van der Waals surface area contributed by atoms with Crippen LogP contribution in [0.3, 0.4) is 0 Å². The molecule has 208 valence electrons. The van der Waals surface area contributed by atoms with Gasteiger partial charge >= 0.3 is 11.9 Å². The van der Waals surface area contributed by atoms with Crippen LogP contribution >= 0.6 is 0 Å². The average molecular weight is 521 g/mol. The van der Waals surface area contributed by atoms with Gasteiger partial charge in [0.15, 0.2) is 0 Å². The highest BCUT2D eigenvalue weighted by molar-refractivity contribution is 5.92. The summed E-state index contributed by atoms with van der Waals surface area (Å²) in [6.07, 6.45) is 21.3. The quantitative estimate of drug-likeness (QED) is 0.0668. The monoisotopic (exact) mass is 520 g/mol. The van der Waals surface area contributed by atoms with Gasteiger partial charge in [0.05, 0.1) is 0 Å². The van der Waals surface area contributed by atoms with E-state index in [-0.39, 0.29) is 0 Å². The van der Waals surface area contributed by atoms with E-state index in [4.69, 9.17) is 9.47 Å². The van der Waals surface area contributed by atoms with Crippen molar-refractivity contribution in [3.63, 3.8) is 0 Å². The zero-order valence-electron chi connectivity index (χ0n) is 24.9. The molecular formula is C34H48O4. The molecule has 0 rings (SSSR count). The normalized spacial score (nSPS) is 11.2. The van der Waals surface area contributed by atoms with E-state index in [2.05, 4.69) is 77.3 Å². The first-order chi connectivity index (χ1) is 18.0. The van der Waals surface area contributed by atoms with Crippen LogP contribution in [-0.2, 0) is 19.1 Å². The van der Waals surface area contributed by atoms with Crippen LogP contribution < -0.4 is 0 Å². The molecular weight excluding hydrogens is 472 g/mol. The second kappa shape index (κ2) is 21.7. The molecule has 0 N–H and O–H groups in total. The highest BCUT2D eigenvalue weighted by atomic mass is 16.5. The Labute approximate surface area is 231 Å². The molecule has 0 bridgehead atoms. The van der Waals surface area contributed by atoms with Gasteiger partial charge in [-0.3, -0.25) is 0 Å². The van der Waals surface area contributed by atoms with E-state index >= 15 is 0 Å². The van der Waals surface area contributed by atoms with Crippen molar-refractivity contribution in [1.82, 2.24) is 0 Å². The lowest BCUT2D eigenvalue weighted by Crippen LogP contribution is -1.98. The fourth-order valence-corrected chi connectivity index (χ4v) is 3.19. The minimum Gasteiger partial charge on any atom is -0.423 e. The summed E-state index contributed by atoms with van der Waals surface area (Å²) in [7, 11) is 0. The lowest BCUT2D eigenvalue weighted by molar-refractivity contribution is -0.135. The van der Waals surface area contributed by atoms with Crippen LogP contribution in [0.4, 0.5) is 0 Å². The predicted octanol–water partition coefficient (Wildman–Crippen LogP) is 9.69. The van der Waals surface area contributed by atoms with E-state index in [1.807, 2.05) is 13.8 Å². The SMILES string of the molecule is CC(=C=COC(=O)/C=C\C(=O)OC=C=C(C)CCC=C(C)CCC=C(C)C)CCC=C(C)CCC=C(C)C. The number of carbonyl (C=O) groups excluding carboxylic acids is 2. The van der Waals surface area contributed by atoms with Gasteiger partial charge in [-0.05, 0) is 118 Å². The van der Waals surface area contributed by atoms with Crippen molar-refractivity contribution in [2.45, 2.75) is 107 Å². The summed E-state index contributed by atoms with van der Waals surface area (Å²) in [4.78, 5) is 23.6. The molecule has 0 heterocycles. The second-order valence-corrected chi connectivity index (χ2v) is 10.1. The molecule has 0 amide bonds. The summed E-state index contributed by atoms with van der Waals surface area (Å²) >= 11 is 0. The Morgan fingerprint density at radius 1 is 0.526 bits per heavy atom. The Hall–Kier alpha value is -3.32. The van der Waals surface area contributed by atoms with Crippen molar-refractivity contribution in [3.8, 4) is 0 Å². The lowest BCUT2D eigenvalue weighted by atomic mass is 10.1. The van der Waals surface area contributed by atoms with E-state index in [0.717, 1.165) is 74.7 Å². The van der Waals surface area contributed by atoms with Crippen molar-refractivity contribution in [2.75, 3.05) is 0 Å². The van der Waals surface area contributed by atoms with Gasteiger partial charge < -0.3 is 9.47 Å². The highest BCUT2D eigenvalue weighted by Crippen LogP contribution is 2.12. The molecule has 0 unspecified atom stereocenters. The Bertz CT molecular complexity index is 952. The third kappa shape index (κ3) is 23.1. The van der Waals surface area contributed by atoms with Crippen molar-refractivity contribution in [1.29, 1.82) is 0 Å². The van der Waals surface area contributed by atoms with Gasteiger partial charge in [0, 0.05) is 12.2 Å². The first-order valence-electron chi connectivity index (χ1n) is 13.5. The summed E-state index contributed by atoms with van der Waals surface area (Å²) in [6, 6.07) is 0. The van der Waals surface area contributed by atoms with E-state index in [1.54, 1.807) is 0 Å². The molecule has 0 saturated carbocycles. The van der Waals surface area contributed by atoms with Crippen molar-refractivity contribution >= 4 is 11.9 Å². The van der Waals surface area contributed by atoms with Crippen LogP contribution in [0.25, 0.3) is 0 Å². The van der Waals surface area contributed by atoms with E-state index < -0.39 is 11.9 Å². The van der Waals surface area contributed by atoms with Crippen molar-refractivity contribution in [3.05, 3.63) is 93.9 Å². The van der Waals surface area contributed by atoms with Crippen LogP contribution in [0.1, 0.15) is 107 Å². The molecule has 0 atom stereocenters. The number of esters is 2. The zero-order valence-corrected chi connectivity index (χ0v) is 24.9. The summed E-state index contributed by atoms with van der Waals surface area (Å²) in [5.74, 6) is -1.33. The third-order valence-corrected chi connectivity index (χ3v) is 5.52. The van der Waals surface area contributed by atoms with Gasteiger partial charge in [0.2, 0.25) is 0 Å². The first-order valence-corrected chi connectivity index (χ1v) is 13.5. The number of rotatable bonds is 16. The molecule has 38 heavy (non-hydrogen) atoms. The largest absolute Gasteiger partial charge is 0.423 e. The standard InChI is InChI=1S/C34H48O4/c1-27(2)13-9-15-29(5)17-11-19-31(7)23-25-37-33(35)21-22-34(36)38-26-24-32(8)20-12-18-30(6)16-10-14-28(3)4/h13-14,17-18,21-22,25-26H,9-12,15-16,19-20H2,1-8H3/b22-21-,29-17?,30-18?. The minimum atomic E-state index is -0.667. The number of allylic oxidation sites excluding steroid dienone is 10. The number of hydrogen-bond donors (Lipinski definition) is 0. The molecule has 0 aromatic carbocycles. The predicted molar refractivity (Wildman–Crippen MR) is 159 cm³/mol. The molecule has 0 aromatic rings. The Kier molecular flexibility index (Phi) is 19.8. The molecule has 0 aromatic heterocycles. The Morgan fingerprint density at radius 2 is 0.868 bits per heavy atom. The molecule has 4 heteroatoms. The molecule has 0 radical (unpaired) electrons. The second-order valence-electron chi connectivity index (χ2n) is 10.1. The third-order valence-electron chi connectivity index (χ3n) is 5.52. The number of carbonyl (C=O) groups is 2. The van der Waals surface area contributed by atoms with E-state index in [9.17, 15) is 9.59 Å². The molecule has 4 nitrogen and oxygen atoms in total. The minimum absolute atomic E-state index is 0.667. The van der Waals surface area contributed by atoms with Gasteiger partial charge in [-0.2, -0.15) is 0 Å². The fraction of sp³-hybridized carbons (Fsp3) is 0.471. The smallest absolute Gasteiger partial charge is 0.336 e. The van der Waals surface area contributed by atoms with Crippen molar-refractivity contribution in [2.24, 2.45) is 0 Å². The molecule has 0 aliphatic rings. The van der Waals surface area contributed by atoms with E-state index in [0.29, 0.717) is 0 Å². The van der Waals surface area contributed by atoms with Crippen LogP contribution in [0.5, 0.6) is 0 Å². The maximum Gasteiger partial charge on any atom is 0.336 e. The fourth-order valence-electron chi connectivity index (χ4n) is 3.19. The number of ether oxygens (including phenoxy) is 2. The van der Waals surface area contributed by atoms with Gasteiger partial charge in [-0.25, -0.2) is 9.59 Å². The van der Waals surface area contributed by atoms with Crippen LogP contribution in [0, 0.1) is 0 Å². The maximum absolute atomic E-state index is 11.8. The summed E-state index contributed by atoms with van der Waals surface area (Å²) in [5, 5.41) is 0. The maximum atomic E-state index is 11.8. The Balaban J connectivity index is 4.41. The van der Waals surface area contributed by atoms with Gasteiger partial charge in [0.1, 0.15) is 12.5 Å². The van der Waals surface area contributed by atoms with Crippen LogP contribution in [-0.4, -0.2) is 11.9 Å². The first kappa shape index (κ1) is 34.7. The summed E-state index contributed by atoms with van der Waals surface area (Å²) in [5.41, 5.74) is 13.3. The highest BCUT2D eigenvalue weighted by Gasteiger charge is 1.98. The number of hydrogen-bond acceptors (Lipinski definition) is 4.